The van der Waals surface area contributed by atoms with Gasteiger partial charge in [-0.15, -0.1) is 0 Å². The highest BCUT2D eigenvalue weighted by molar-refractivity contribution is 6.00. The third-order valence-corrected chi connectivity index (χ3v) is 1.91. The normalized spacial score (nSPS) is 11.4. The summed E-state index contributed by atoms with van der Waals surface area (Å²) in [5, 5.41) is 0. The topological polar surface area (TPSA) is 26.3 Å². The lowest BCUT2D eigenvalue weighted by Crippen LogP contribution is -2.23. The van der Waals surface area contributed by atoms with E-state index in [1.165, 1.54) is 6.07 Å². The molecule has 0 heterocycles. The van der Waals surface area contributed by atoms with Gasteiger partial charge in [0, 0.05) is 0 Å². The minimum Gasteiger partial charge on any atom is -0.494 e. The molecule has 0 saturated carbocycles. The first-order valence-electron chi connectivity index (χ1n) is 4.90. The maximum absolute atomic E-state index is 13.1. The lowest BCUT2D eigenvalue weighted by molar-refractivity contribution is -0.0887. The van der Waals surface area contributed by atoms with E-state index in [4.69, 9.17) is 4.74 Å². The number of halogens is 4. The van der Waals surface area contributed by atoms with Crippen molar-refractivity contribution in [2.45, 2.75) is 19.5 Å². The number of alkyl halides is 3. The predicted molar refractivity (Wildman–Crippen MR) is 52.6 cm³/mol. The van der Waals surface area contributed by atoms with Gasteiger partial charge in [-0.3, -0.25) is 4.79 Å². The molecule has 0 unspecified atom stereocenters. The van der Waals surface area contributed by atoms with Crippen molar-refractivity contribution in [3.63, 3.8) is 0 Å². The second-order valence-corrected chi connectivity index (χ2v) is 3.32. The lowest BCUT2D eigenvalue weighted by atomic mass is 10.1. The van der Waals surface area contributed by atoms with Crippen molar-refractivity contribution in [1.29, 1.82) is 0 Å². The number of ether oxygens (including phenoxy) is 1. The molecule has 2 nitrogen and oxygen atoms in total. The molecule has 1 rings (SSSR count). The van der Waals surface area contributed by atoms with Gasteiger partial charge < -0.3 is 4.74 Å². The van der Waals surface area contributed by atoms with E-state index in [-0.39, 0.29) is 12.4 Å². The number of hydrogen-bond donors (Lipinski definition) is 0. The van der Waals surface area contributed by atoms with E-state index in [1.807, 2.05) is 6.92 Å². The van der Waals surface area contributed by atoms with Gasteiger partial charge in [0.1, 0.15) is 11.6 Å². The van der Waals surface area contributed by atoms with Crippen LogP contribution in [0, 0.1) is 5.82 Å². The summed E-state index contributed by atoms with van der Waals surface area (Å²) in [5.41, 5.74) is -1.02. The molecule has 0 aliphatic carbocycles. The molecule has 0 aliphatic rings. The van der Waals surface area contributed by atoms with Gasteiger partial charge in [-0.1, -0.05) is 6.92 Å². The Balaban J connectivity index is 3.02. The molecule has 0 saturated heterocycles. The molecule has 0 radical (unpaired) electrons. The van der Waals surface area contributed by atoms with Gasteiger partial charge in [-0.2, -0.15) is 13.2 Å². The van der Waals surface area contributed by atoms with E-state index in [9.17, 15) is 22.4 Å². The average Bonchev–Trinajstić information content (AvgIpc) is 2.26. The van der Waals surface area contributed by atoms with E-state index in [1.54, 1.807) is 0 Å². The standard InChI is InChI=1S/C11H10F4O2/c1-2-5-17-7-3-4-9(12)8(6-7)10(16)11(13,14)15/h3-4,6H,2,5H2,1H3. The maximum atomic E-state index is 13.1. The van der Waals surface area contributed by atoms with Crippen LogP contribution in [0.4, 0.5) is 17.6 Å². The predicted octanol–water partition coefficient (Wildman–Crippen LogP) is 3.36. The molecule has 17 heavy (non-hydrogen) atoms. The summed E-state index contributed by atoms with van der Waals surface area (Å²) in [7, 11) is 0. The van der Waals surface area contributed by atoms with Crippen LogP contribution < -0.4 is 4.74 Å². The van der Waals surface area contributed by atoms with Crippen LogP contribution in [0.3, 0.4) is 0 Å². The molecule has 0 atom stereocenters. The van der Waals surface area contributed by atoms with Gasteiger partial charge in [0.05, 0.1) is 12.2 Å². The van der Waals surface area contributed by atoms with E-state index in [2.05, 4.69) is 0 Å². The summed E-state index contributed by atoms with van der Waals surface area (Å²) >= 11 is 0. The molecular formula is C11H10F4O2. The second-order valence-electron chi connectivity index (χ2n) is 3.32. The molecule has 0 N–H and O–H groups in total. The Labute approximate surface area is 95.2 Å². The molecule has 6 heteroatoms. The van der Waals surface area contributed by atoms with E-state index in [0.29, 0.717) is 6.42 Å². The van der Waals surface area contributed by atoms with Crippen molar-refractivity contribution in [2.24, 2.45) is 0 Å². The SMILES string of the molecule is CCCOc1ccc(F)c(C(=O)C(F)(F)F)c1. The number of carbonyl (C=O) groups excluding carboxylic acids is 1. The Bertz CT molecular complexity index is 412. The Morgan fingerprint density at radius 1 is 1.35 bits per heavy atom. The first-order valence-corrected chi connectivity index (χ1v) is 4.90. The van der Waals surface area contributed by atoms with E-state index < -0.39 is 23.3 Å². The zero-order chi connectivity index (χ0) is 13.1. The van der Waals surface area contributed by atoms with Crippen molar-refractivity contribution >= 4 is 5.78 Å². The minimum absolute atomic E-state index is 0.0425. The maximum Gasteiger partial charge on any atom is 0.454 e. The van der Waals surface area contributed by atoms with E-state index in [0.717, 1.165) is 12.1 Å². The summed E-state index contributed by atoms with van der Waals surface area (Å²) in [4.78, 5) is 10.9. The van der Waals surface area contributed by atoms with Crippen molar-refractivity contribution < 1.29 is 27.1 Å². The van der Waals surface area contributed by atoms with Crippen molar-refractivity contribution in [3.05, 3.63) is 29.6 Å². The Morgan fingerprint density at radius 3 is 2.53 bits per heavy atom. The van der Waals surface area contributed by atoms with Crippen LogP contribution in [0.25, 0.3) is 0 Å². The molecule has 0 aromatic heterocycles. The second kappa shape index (κ2) is 5.16. The van der Waals surface area contributed by atoms with Crippen LogP contribution in [0.5, 0.6) is 5.75 Å². The number of rotatable bonds is 4. The first kappa shape index (κ1) is 13.5. The van der Waals surface area contributed by atoms with Crippen molar-refractivity contribution in [3.8, 4) is 5.75 Å². The van der Waals surface area contributed by atoms with Gasteiger partial charge in [-0.05, 0) is 24.6 Å². The Kier molecular flexibility index (Phi) is 4.09. The van der Waals surface area contributed by atoms with Crippen LogP contribution in [0.15, 0.2) is 18.2 Å². The lowest BCUT2D eigenvalue weighted by Gasteiger charge is -2.09. The van der Waals surface area contributed by atoms with Crippen LogP contribution in [-0.2, 0) is 0 Å². The van der Waals surface area contributed by atoms with Crippen LogP contribution in [0.1, 0.15) is 23.7 Å². The van der Waals surface area contributed by atoms with Gasteiger partial charge in [0.15, 0.2) is 0 Å². The molecule has 0 spiro atoms. The zero-order valence-corrected chi connectivity index (χ0v) is 8.97. The summed E-state index contributed by atoms with van der Waals surface area (Å²) in [6.07, 6.45) is -4.44. The third-order valence-electron chi connectivity index (χ3n) is 1.91. The van der Waals surface area contributed by atoms with Gasteiger partial charge >= 0.3 is 6.18 Å². The first-order chi connectivity index (χ1) is 7.86. The highest BCUT2D eigenvalue weighted by Crippen LogP contribution is 2.25. The fraction of sp³-hybridized carbons (Fsp3) is 0.364. The fourth-order valence-electron chi connectivity index (χ4n) is 1.14. The van der Waals surface area contributed by atoms with Crippen LogP contribution >= 0.6 is 0 Å². The monoisotopic (exact) mass is 250 g/mol. The molecule has 0 fully saturated rings. The zero-order valence-electron chi connectivity index (χ0n) is 8.97. The summed E-state index contributed by atoms with van der Waals surface area (Å²) in [6, 6.07) is 2.73. The highest BCUT2D eigenvalue weighted by Gasteiger charge is 2.40. The van der Waals surface area contributed by atoms with Gasteiger partial charge in [-0.25, -0.2) is 4.39 Å². The fourth-order valence-corrected chi connectivity index (χ4v) is 1.14. The number of Topliss-reactive ketones (excluding diaryl/α,β-unsaturated/α-hetero) is 1. The van der Waals surface area contributed by atoms with Crippen LogP contribution in [-0.4, -0.2) is 18.6 Å². The van der Waals surface area contributed by atoms with Crippen molar-refractivity contribution in [1.82, 2.24) is 0 Å². The quantitative estimate of drug-likeness (QED) is 0.605. The van der Waals surface area contributed by atoms with Crippen molar-refractivity contribution in [2.75, 3.05) is 6.61 Å². The molecule has 94 valence electrons. The number of carbonyl (C=O) groups is 1. The minimum atomic E-state index is -5.09. The molecular weight excluding hydrogens is 240 g/mol. The number of benzene rings is 1. The Morgan fingerprint density at radius 2 is 2.00 bits per heavy atom. The smallest absolute Gasteiger partial charge is 0.454 e. The highest BCUT2D eigenvalue weighted by atomic mass is 19.4. The summed E-state index contributed by atoms with van der Waals surface area (Å²) in [5.74, 6) is -3.38. The number of ketones is 1. The summed E-state index contributed by atoms with van der Waals surface area (Å²) < 4.78 is 54.5. The average molecular weight is 250 g/mol. The Hall–Kier alpha value is -1.59. The summed E-state index contributed by atoms with van der Waals surface area (Å²) in [6.45, 7) is 2.09. The van der Waals surface area contributed by atoms with E-state index >= 15 is 0 Å². The molecule has 1 aromatic rings. The largest absolute Gasteiger partial charge is 0.494 e. The van der Waals surface area contributed by atoms with Crippen LogP contribution in [0.2, 0.25) is 0 Å². The molecule has 0 amide bonds. The number of hydrogen-bond acceptors (Lipinski definition) is 2. The molecule has 0 bridgehead atoms. The molecule has 1 aromatic carbocycles. The van der Waals surface area contributed by atoms with Gasteiger partial charge in [0.2, 0.25) is 0 Å². The van der Waals surface area contributed by atoms with Gasteiger partial charge in [0.25, 0.3) is 5.78 Å². The molecule has 0 aliphatic heterocycles. The third kappa shape index (κ3) is 3.44.